The standard InChI is InChI=1S/C16H18N2.ClH/c1-3-7-15(8-4-1)17-11-13-18(14-12-17)16-9-5-2-6-10-16;/h1-10H,11-14H2;1H. The van der Waals surface area contributed by atoms with E-state index in [0.29, 0.717) is 0 Å². The van der Waals surface area contributed by atoms with Gasteiger partial charge in [0.15, 0.2) is 0 Å². The minimum Gasteiger partial charge on any atom is -0.368 e. The zero-order valence-electron chi connectivity index (χ0n) is 10.9. The lowest BCUT2D eigenvalue weighted by molar-refractivity contribution is 0.653. The van der Waals surface area contributed by atoms with Gasteiger partial charge in [-0.1, -0.05) is 36.4 Å². The van der Waals surface area contributed by atoms with Gasteiger partial charge in [0.1, 0.15) is 0 Å². The van der Waals surface area contributed by atoms with E-state index in [0.717, 1.165) is 26.2 Å². The Morgan fingerprint density at radius 3 is 1.16 bits per heavy atom. The van der Waals surface area contributed by atoms with Gasteiger partial charge in [0.25, 0.3) is 0 Å². The second kappa shape index (κ2) is 6.48. The number of hydrogen-bond donors (Lipinski definition) is 0. The summed E-state index contributed by atoms with van der Waals surface area (Å²) >= 11 is 0. The van der Waals surface area contributed by atoms with Crippen LogP contribution in [-0.2, 0) is 0 Å². The SMILES string of the molecule is Cl.c1ccc(N2CCN(c3ccccc3)CC2)cc1. The fourth-order valence-electron chi connectivity index (χ4n) is 2.50. The van der Waals surface area contributed by atoms with Crippen molar-refractivity contribution < 1.29 is 0 Å². The molecule has 0 aliphatic carbocycles. The molecule has 1 heterocycles. The van der Waals surface area contributed by atoms with Crippen LogP contribution in [0.3, 0.4) is 0 Å². The van der Waals surface area contributed by atoms with Crippen LogP contribution in [0.15, 0.2) is 60.7 Å². The maximum absolute atomic E-state index is 2.46. The van der Waals surface area contributed by atoms with Gasteiger partial charge >= 0.3 is 0 Å². The number of halogens is 1. The molecule has 0 unspecified atom stereocenters. The van der Waals surface area contributed by atoms with Crippen LogP contribution in [0.1, 0.15) is 0 Å². The third-order valence-corrected chi connectivity index (χ3v) is 3.52. The van der Waals surface area contributed by atoms with Crippen molar-refractivity contribution in [3.05, 3.63) is 60.7 Å². The molecule has 2 aromatic rings. The summed E-state index contributed by atoms with van der Waals surface area (Å²) in [6.07, 6.45) is 0. The molecule has 1 aliphatic heterocycles. The number of rotatable bonds is 2. The molecule has 0 aromatic heterocycles. The summed E-state index contributed by atoms with van der Waals surface area (Å²) in [7, 11) is 0. The van der Waals surface area contributed by atoms with E-state index < -0.39 is 0 Å². The van der Waals surface area contributed by atoms with Crippen LogP contribution < -0.4 is 9.80 Å². The van der Waals surface area contributed by atoms with E-state index in [1.807, 2.05) is 0 Å². The highest BCUT2D eigenvalue weighted by Gasteiger charge is 2.16. The molecular weight excluding hydrogens is 256 g/mol. The third-order valence-electron chi connectivity index (χ3n) is 3.52. The van der Waals surface area contributed by atoms with Crippen molar-refractivity contribution in [3.63, 3.8) is 0 Å². The Balaban J connectivity index is 0.00000133. The lowest BCUT2D eigenvalue weighted by Crippen LogP contribution is -2.46. The lowest BCUT2D eigenvalue weighted by Gasteiger charge is -2.37. The maximum Gasteiger partial charge on any atom is 0.0367 e. The highest BCUT2D eigenvalue weighted by molar-refractivity contribution is 5.85. The Kier molecular flexibility index (Phi) is 4.69. The van der Waals surface area contributed by atoms with Gasteiger partial charge in [0.2, 0.25) is 0 Å². The zero-order valence-corrected chi connectivity index (χ0v) is 11.7. The number of para-hydroxylation sites is 2. The van der Waals surface area contributed by atoms with Crippen molar-refractivity contribution in [1.29, 1.82) is 0 Å². The average molecular weight is 275 g/mol. The van der Waals surface area contributed by atoms with Gasteiger partial charge in [0, 0.05) is 37.6 Å². The normalized spacial score (nSPS) is 14.9. The Morgan fingerprint density at radius 1 is 0.526 bits per heavy atom. The molecule has 1 aliphatic rings. The molecule has 3 rings (SSSR count). The molecule has 0 bridgehead atoms. The maximum atomic E-state index is 2.46. The number of anilines is 2. The van der Waals surface area contributed by atoms with Crippen LogP contribution >= 0.6 is 12.4 Å². The van der Waals surface area contributed by atoms with Crippen molar-refractivity contribution in [2.24, 2.45) is 0 Å². The van der Waals surface area contributed by atoms with E-state index in [-0.39, 0.29) is 12.4 Å². The summed E-state index contributed by atoms with van der Waals surface area (Å²) in [5.41, 5.74) is 2.68. The first-order chi connectivity index (χ1) is 8.93. The first kappa shape index (κ1) is 13.8. The van der Waals surface area contributed by atoms with E-state index >= 15 is 0 Å². The average Bonchev–Trinajstić information content (AvgIpc) is 2.49. The largest absolute Gasteiger partial charge is 0.368 e. The second-order valence-corrected chi connectivity index (χ2v) is 4.65. The highest BCUT2D eigenvalue weighted by Crippen LogP contribution is 2.19. The van der Waals surface area contributed by atoms with Crippen LogP contribution in [0.5, 0.6) is 0 Å². The Hall–Kier alpha value is -1.67. The Morgan fingerprint density at radius 2 is 0.842 bits per heavy atom. The van der Waals surface area contributed by atoms with Crippen molar-refractivity contribution >= 4 is 23.8 Å². The molecule has 0 saturated carbocycles. The van der Waals surface area contributed by atoms with Crippen LogP contribution in [0.25, 0.3) is 0 Å². The van der Waals surface area contributed by atoms with Gasteiger partial charge in [-0.25, -0.2) is 0 Å². The molecule has 3 heteroatoms. The Bertz CT molecular complexity index is 431. The van der Waals surface area contributed by atoms with Crippen LogP contribution in [0.2, 0.25) is 0 Å². The van der Waals surface area contributed by atoms with Crippen LogP contribution in [0, 0.1) is 0 Å². The molecule has 19 heavy (non-hydrogen) atoms. The summed E-state index contributed by atoms with van der Waals surface area (Å²) in [5.74, 6) is 0. The summed E-state index contributed by atoms with van der Waals surface area (Å²) in [6, 6.07) is 21.4. The predicted octanol–water partition coefficient (Wildman–Crippen LogP) is 3.44. The van der Waals surface area contributed by atoms with Gasteiger partial charge in [-0.15, -0.1) is 12.4 Å². The second-order valence-electron chi connectivity index (χ2n) is 4.65. The molecule has 2 nitrogen and oxygen atoms in total. The molecule has 0 N–H and O–H groups in total. The van der Waals surface area contributed by atoms with Gasteiger partial charge < -0.3 is 9.80 Å². The molecule has 100 valence electrons. The van der Waals surface area contributed by atoms with Crippen molar-refractivity contribution in [2.45, 2.75) is 0 Å². The van der Waals surface area contributed by atoms with E-state index in [1.165, 1.54) is 11.4 Å². The first-order valence-electron chi connectivity index (χ1n) is 6.53. The van der Waals surface area contributed by atoms with E-state index in [9.17, 15) is 0 Å². The summed E-state index contributed by atoms with van der Waals surface area (Å²) < 4.78 is 0. The minimum absolute atomic E-state index is 0. The molecule has 1 fully saturated rings. The molecule has 0 atom stereocenters. The Labute approximate surface area is 121 Å². The third kappa shape index (κ3) is 3.21. The lowest BCUT2D eigenvalue weighted by atomic mass is 10.2. The topological polar surface area (TPSA) is 6.48 Å². The smallest absolute Gasteiger partial charge is 0.0367 e. The quantitative estimate of drug-likeness (QED) is 0.828. The van der Waals surface area contributed by atoms with E-state index in [4.69, 9.17) is 0 Å². The number of benzene rings is 2. The molecule has 1 saturated heterocycles. The number of nitrogens with zero attached hydrogens (tertiary/aromatic N) is 2. The fourth-order valence-corrected chi connectivity index (χ4v) is 2.50. The number of hydrogen-bond acceptors (Lipinski definition) is 2. The minimum atomic E-state index is 0. The van der Waals surface area contributed by atoms with Crippen molar-refractivity contribution in [2.75, 3.05) is 36.0 Å². The van der Waals surface area contributed by atoms with Gasteiger partial charge in [-0.3, -0.25) is 0 Å². The van der Waals surface area contributed by atoms with Crippen molar-refractivity contribution in [1.82, 2.24) is 0 Å². The monoisotopic (exact) mass is 274 g/mol. The molecule has 2 aromatic carbocycles. The van der Waals surface area contributed by atoms with Gasteiger partial charge in [0.05, 0.1) is 0 Å². The predicted molar refractivity (Wildman–Crippen MR) is 84.6 cm³/mol. The summed E-state index contributed by atoms with van der Waals surface area (Å²) in [6.45, 7) is 4.38. The highest BCUT2D eigenvalue weighted by atomic mass is 35.5. The fraction of sp³-hybridized carbons (Fsp3) is 0.250. The number of piperazine rings is 1. The summed E-state index contributed by atoms with van der Waals surface area (Å²) in [4.78, 5) is 4.92. The van der Waals surface area contributed by atoms with E-state index in [1.54, 1.807) is 0 Å². The van der Waals surface area contributed by atoms with Crippen molar-refractivity contribution in [3.8, 4) is 0 Å². The van der Waals surface area contributed by atoms with E-state index in [2.05, 4.69) is 70.5 Å². The van der Waals surface area contributed by atoms with Gasteiger partial charge in [-0.05, 0) is 24.3 Å². The summed E-state index contributed by atoms with van der Waals surface area (Å²) in [5, 5.41) is 0. The van der Waals surface area contributed by atoms with Gasteiger partial charge in [-0.2, -0.15) is 0 Å². The zero-order chi connectivity index (χ0) is 12.2. The van der Waals surface area contributed by atoms with Crippen LogP contribution in [-0.4, -0.2) is 26.2 Å². The first-order valence-corrected chi connectivity index (χ1v) is 6.53. The molecule has 0 radical (unpaired) electrons. The molecule has 0 spiro atoms. The van der Waals surface area contributed by atoms with Crippen LogP contribution in [0.4, 0.5) is 11.4 Å². The molecule has 0 amide bonds. The molecular formula is C16H19ClN2.